The normalized spacial score (nSPS) is 18.7. The fourth-order valence-corrected chi connectivity index (χ4v) is 2.77. The standard InChI is InChI=1S/C14H23F2NO4/c1-2-21-8-7-14(5-3-4-6-14)13(20)17-10(12(18)19)9-11(15)16/h10-11H,2-9H2,1H3,(H,17,20)(H,18,19). The minimum absolute atomic E-state index is 0.413. The first-order chi connectivity index (χ1) is 9.91. The average molecular weight is 307 g/mol. The molecule has 1 fully saturated rings. The number of alkyl halides is 2. The summed E-state index contributed by atoms with van der Waals surface area (Å²) in [5.74, 6) is -1.87. The van der Waals surface area contributed by atoms with Gasteiger partial charge in [0.1, 0.15) is 6.04 Å². The zero-order chi connectivity index (χ0) is 15.9. The third-order valence-corrected chi connectivity index (χ3v) is 3.99. The Morgan fingerprint density at radius 3 is 2.43 bits per heavy atom. The molecule has 0 aromatic heterocycles. The Morgan fingerprint density at radius 1 is 1.33 bits per heavy atom. The van der Waals surface area contributed by atoms with Crippen LogP contribution in [0.4, 0.5) is 8.78 Å². The highest BCUT2D eigenvalue weighted by atomic mass is 19.3. The third-order valence-electron chi connectivity index (χ3n) is 3.99. The zero-order valence-electron chi connectivity index (χ0n) is 12.2. The SMILES string of the molecule is CCOCCC1(C(=O)NC(CC(F)F)C(=O)O)CCCC1. The van der Waals surface area contributed by atoms with Crippen LogP contribution in [0.1, 0.15) is 45.4 Å². The van der Waals surface area contributed by atoms with E-state index in [0.717, 1.165) is 12.8 Å². The van der Waals surface area contributed by atoms with Crippen molar-refractivity contribution in [1.29, 1.82) is 0 Å². The topological polar surface area (TPSA) is 75.6 Å². The Kier molecular flexibility index (Phi) is 7.01. The second-order valence-corrected chi connectivity index (χ2v) is 5.43. The molecule has 1 amide bonds. The summed E-state index contributed by atoms with van der Waals surface area (Å²) in [5.41, 5.74) is -0.676. The predicted octanol–water partition coefficient (Wildman–Crippen LogP) is 2.20. The molecule has 5 nitrogen and oxygen atoms in total. The van der Waals surface area contributed by atoms with E-state index < -0.39 is 36.2 Å². The van der Waals surface area contributed by atoms with Gasteiger partial charge in [-0.25, -0.2) is 13.6 Å². The Bertz CT molecular complexity index is 357. The van der Waals surface area contributed by atoms with E-state index in [1.54, 1.807) is 0 Å². The van der Waals surface area contributed by atoms with Crippen molar-refractivity contribution in [1.82, 2.24) is 5.32 Å². The van der Waals surface area contributed by atoms with Gasteiger partial charge in [-0.15, -0.1) is 0 Å². The molecule has 1 atom stereocenters. The molecule has 21 heavy (non-hydrogen) atoms. The molecule has 122 valence electrons. The van der Waals surface area contributed by atoms with Gasteiger partial charge in [-0.1, -0.05) is 12.8 Å². The quantitative estimate of drug-likeness (QED) is 0.640. The predicted molar refractivity (Wildman–Crippen MR) is 72.2 cm³/mol. The number of carbonyl (C=O) groups excluding carboxylic acids is 1. The minimum atomic E-state index is -2.77. The Morgan fingerprint density at radius 2 is 1.95 bits per heavy atom. The Hall–Kier alpha value is -1.24. The van der Waals surface area contributed by atoms with Crippen LogP contribution < -0.4 is 5.32 Å². The van der Waals surface area contributed by atoms with Crippen LogP contribution in [0.15, 0.2) is 0 Å². The van der Waals surface area contributed by atoms with E-state index in [4.69, 9.17) is 9.84 Å². The van der Waals surface area contributed by atoms with Gasteiger partial charge in [-0.05, 0) is 26.2 Å². The number of halogens is 2. The number of carbonyl (C=O) groups is 2. The lowest BCUT2D eigenvalue weighted by Gasteiger charge is -2.29. The van der Waals surface area contributed by atoms with E-state index in [0.29, 0.717) is 32.5 Å². The smallest absolute Gasteiger partial charge is 0.326 e. The van der Waals surface area contributed by atoms with Crippen molar-refractivity contribution in [2.75, 3.05) is 13.2 Å². The summed E-state index contributed by atoms with van der Waals surface area (Å²) >= 11 is 0. The zero-order valence-corrected chi connectivity index (χ0v) is 12.2. The fraction of sp³-hybridized carbons (Fsp3) is 0.857. The molecule has 0 bridgehead atoms. The molecule has 7 heteroatoms. The molecule has 0 aromatic carbocycles. The second-order valence-electron chi connectivity index (χ2n) is 5.43. The number of carboxylic acids is 1. The maximum Gasteiger partial charge on any atom is 0.326 e. The molecule has 0 radical (unpaired) electrons. The first kappa shape index (κ1) is 17.8. The summed E-state index contributed by atoms with van der Waals surface area (Å²) in [4.78, 5) is 23.4. The molecule has 0 saturated heterocycles. The molecule has 1 saturated carbocycles. The average Bonchev–Trinajstić information content (AvgIpc) is 2.87. The Labute approximate surface area is 123 Å². The summed E-state index contributed by atoms with van der Waals surface area (Å²) in [6, 6.07) is -1.54. The van der Waals surface area contributed by atoms with Crippen molar-refractivity contribution in [2.24, 2.45) is 5.41 Å². The number of aliphatic carboxylic acids is 1. The van der Waals surface area contributed by atoms with Crippen molar-refractivity contribution < 1.29 is 28.2 Å². The van der Waals surface area contributed by atoms with Crippen LogP contribution in [0.5, 0.6) is 0 Å². The van der Waals surface area contributed by atoms with Crippen molar-refractivity contribution in [3.63, 3.8) is 0 Å². The number of hydrogen-bond donors (Lipinski definition) is 2. The van der Waals surface area contributed by atoms with Gasteiger partial charge < -0.3 is 15.2 Å². The number of nitrogens with one attached hydrogen (secondary N) is 1. The molecule has 0 aliphatic heterocycles. The summed E-state index contributed by atoms with van der Waals surface area (Å²) in [5, 5.41) is 11.2. The molecular formula is C14H23F2NO4. The molecule has 0 heterocycles. The summed E-state index contributed by atoms with van der Waals surface area (Å²) in [6.45, 7) is 2.81. The minimum Gasteiger partial charge on any atom is -0.480 e. The maximum absolute atomic E-state index is 12.4. The number of rotatable bonds is 9. The highest BCUT2D eigenvalue weighted by Crippen LogP contribution is 2.41. The van der Waals surface area contributed by atoms with E-state index in [9.17, 15) is 18.4 Å². The van der Waals surface area contributed by atoms with Gasteiger partial charge >= 0.3 is 5.97 Å². The highest BCUT2D eigenvalue weighted by molar-refractivity contribution is 5.87. The van der Waals surface area contributed by atoms with Gasteiger partial charge in [0.2, 0.25) is 12.3 Å². The summed E-state index contributed by atoms with van der Waals surface area (Å²) in [6.07, 6.45) is -0.0941. The molecule has 1 aliphatic rings. The van der Waals surface area contributed by atoms with Crippen LogP contribution in [0.3, 0.4) is 0 Å². The fourth-order valence-electron chi connectivity index (χ4n) is 2.77. The molecule has 0 aromatic rings. The highest BCUT2D eigenvalue weighted by Gasteiger charge is 2.42. The maximum atomic E-state index is 12.4. The lowest BCUT2D eigenvalue weighted by Crippen LogP contribution is -2.48. The van der Waals surface area contributed by atoms with Crippen molar-refractivity contribution in [3.05, 3.63) is 0 Å². The van der Waals surface area contributed by atoms with Gasteiger partial charge in [0, 0.05) is 19.6 Å². The molecule has 1 unspecified atom stereocenters. The largest absolute Gasteiger partial charge is 0.480 e. The molecule has 1 rings (SSSR count). The molecular weight excluding hydrogens is 284 g/mol. The van der Waals surface area contributed by atoms with E-state index in [1.165, 1.54) is 0 Å². The van der Waals surface area contributed by atoms with Crippen LogP contribution in [0.25, 0.3) is 0 Å². The number of amides is 1. The van der Waals surface area contributed by atoms with Crippen LogP contribution >= 0.6 is 0 Å². The summed E-state index contributed by atoms with van der Waals surface area (Å²) < 4.78 is 30.0. The van der Waals surface area contributed by atoms with Crippen molar-refractivity contribution in [3.8, 4) is 0 Å². The van der Waals surface area contributed by atoms with Crippen LogP contribution in [-0.2, 0) is 14.3 Å². The van der Waals surface area contributed by atoms with Crippen molar-refractivity contribution in [2.45, 2.75) is 57.9 Å². The lowest BCUT2D eigenvalue weighted by atomic mass is 9.81. The van der Waals surface area contributed by atoms with E-state index >= 15 is 0 Å². The van der Waals surface area contributed by atoms with Crippen LogP contribution in [0, 0.1) is 5.41 Å². The second kappa shape index (κ2) is 8.26. The molecule has 0 spiro atoms. The summed E-state index contributed by atoms with van der Waals surface area (Å²) in [7, 11) is 0. The molecule has 2 N–H and O–H groups in total. The first-order valence-electron chi connectivity index (χ1n) is 7.31. The van der Waals surface area contributed by atoms with Crippen LogP contribution in [0.2, 0.25) is 0 Å². The third kappa shape index (κ3) is 5.22. The van der Waals surface area contributed by atoms with Gasteiger partial charge in [-0.2, -0.15) is 0 Å². The number of hydrogen-bond acceptors (Lipinski definition) is 3. The van der Waals surface area contributed by atoms with E-state index in [1.807, 2.05) is 6.92 Å². The van der Waals surface area contributed by atoms with Gasteiger partial charge in [0.15, 0.2) is 0 Å². The van der Waals surface area contributed by atoms with Gasteiger partial charge in [-0.3, -0.25) is 4.79 Å². The number of ether oxygens (including phenoxy) is 1. The van der Waals surface area contributed by atoms with E-state index in [2.05, 4.69) is 5.32 Å². The Balaban J connectivity index is 2.69. The first-order valence-corrected chi connectivity index (χ1v) is 7.31. The van der Waals surface area contributed by atoms with E-state index in [-0.39, 0.29) is 0 Å². The van der Waals surface area contributed by atoms with Crippen LogP contribution in [-0.4, -0.2) is 42.7 Å². The van der Waals surface area contributed by atoms with Gasteiger partial charge in [0.25, 0.3) is 0 Å². The lowest BCUT2D eigenvalue weighted by molar-refractivity contribution is -0.145. The van der Waals surface area contributed by atoms with Gasteiger partial charge in [0.05, 0.1) is 5.41 Å². The monoisotopic (exact) mass is 307 g/mol. The number of carboxylic acid groups (broad SMARTS) is 1. The molecule has 1 aliphatic carbocycles. The van der Waals surface area contributed by atoms with Crippen molar-refractivity contribution >= 4 is 11.9 Å².